The summed E-state index contributed by atoms with van der Waals surface area (Å²) < 4.78 is 0. The van der Waals surface area contributed by atoms with E-state index in [1.54, 1.807) is 30.6 Å². The summed E-state index contributed by atoms with van der Waals surface area (Å²) in [6, 6.07) is 0. The standard InChI is InChI=1S/C9H15NO2S2/c1-4-13-6-7(14-5-2)9(12)10(3)8(6)11/h6-7H,4-5H2,1-3H3. The molecule has 2 atom stereocenters. The van der Waals surface area contributed by atoms with E-state index in [9.17, 15) is 9.59 Å². The molecule has 1 rings (SSSR count). The van der Waals surface area contributed by atoms with Gasteiger partial charge in [-0.15, -0.1) is 23.5 Å². The lowest BCUT2D eigenvalue weighted by molar-refractivity contribution is -0.136. The zero-order chi connectivity index (χ0) is 10.7. The van der Waals surface area contributed by atoms with Gasteiger partial charge in [-0.2, -0.15) is 0 Å². The third-order valence-electron chi connectivity index (χ3n) is 2.12. The third-order valence-corrected chi connectivity index (χ3v) is 4.62. The highest BCUT2D eigenvalue weighted by Gasteiger charge is 2.45. The van der Waals surface area contributed by atoms with Crippen molar-refractivity contribution in [2.75, 3.05) is 18.6 Å². The maximum Gasteiger partial charge on any atom is 0.243 e. The van der Waals surface area contributed by atoms with Gasteiger partial charge in [0, 0.05) is 7.05 Å². The smallest absolute Gasteiger partial charge is 0.243 e. The number of likely N-dealkylation sites (tertiary alicyclic amines) is 1. The molecule has 1 saturated heterocycles. The van der Waals surface area contributed by atoms with Crippen LogP contribution in [0.15, 0.2) is 0 Å². The molecule has 1 aliphatic rings. The molecule has 80 valence electrons. The SMILES string of the molecule is CCSC1C(=O)N(C)C(=O)C1SCC. The first kappa shape index (κ1) is 11.9. The highest BCUT2D eigenvalue weighted by atomic mass is 32.2. The maximum absolute atomic E-state index is 11.7. The number of nitrogens with zero attached hydrogens (tertiary/aromatic N) is 1. The number of thioether (sulfide) groups is 2. The van der Waals surface area contributed by atoms with Crippen LogP contribution in [-0.2, 0) is 9.59 Å². The molecule has 14 heavy (non-hydrogen) atoms. The first-order chi connectivity index (χ1) is 6.63. The van der Waals surface area contributed by atoms with Gasteiger partial charge in [-0.3, -0.25) is 14.5 Å². The average Bonchev–Trinajstić information content (AvgIpc) is 2.36. The van der Waals surface area contributed by atoms with E-state index < -0.39 is 0 Å². The van der Waals surface area contributed by atoms with Crippen LogP contribution in [0.2, 0.25) is 0 Å². The van der Waals surface area contributed by atoms with Crippen molar-refractivity contribution in [2.24, 2.45) is 0 Å². The fraction of sp³-hybridized carbons (Fsp3) is 0.778. The summed E-state index contributed by atoms with van der Waals surface area (Å²) in [5, 5.41) is -0.329. The van der Waals surface area contributed by atoms with E-state index in [1.165, 1.54) is 4.90 Å². The topological polar surface area (TPSA) is 37.4 Å². The van der Waals surface area contributed by atoms with Crippen LogP contribution in [0.25, 0.3) is 0 Å². The van der Waals surface area contributed by atoms with Crippen molar-refractivity contribution in [2.45, 2.75) is 24.3 Å². The molecule has 0 aromatic carbocycles. The van der Waals surface area contributed by atoms with Crippen LogP contribution < -0.4 is 0 Å². The van der Waals surface area contributed by atoms with Gasteiger partial charge < -0.3 is 0 Å². The van der Waals surface area contributed by atoms with Gasteiger partial charge in [0.15, 0.2) is 0 Å². The molecule has 0 aliphatic carbocycles. The van der Waals surface area contributed by atoms with E-state index in [0.717, 1.165) is 11.5 Å². The minimum atomic E-state index is -0.164. The molecule has 5 heteroatoms. The number of hydrogen-bond acceptors (Lipinski definition) is 4. The summed E-state index contributed by atoms with van der Waals surface area (Å²) in [4.78, 5) is 24.6. The Bertz CT molecular complexity index is 221. The van der Waals surface area contributed by atoms with Crippen molar-refractivity contribution >= 4 is 35.3 Å². The molecular formula is C9H15NO2S2. The summed E-state index contributed by atoms with van der Waals surface area (Å²) in [7, 11) is 1.57. The second kappa shape index (κ2) is 5.07. The normalized spacial score (nSPS) is 27.5. The van der Waals surface area contributed by atoms with Gasteiger partial charge in [0.05, 0.1) is 0 Å². The molecule has 1 heterocycles. The Morgan fingerprint density at radius 1 is 1.07 bits per heavy atom. The first-order valence-corrected chi connectivity index (χ1v) is 6.77. The number of carbonyl (C=O) groups excluding carboxylic acids is 2. The van der Waals surface area contributed by atoms with Crippen LogP contribution in [-0.4, -0.2) is 45.8 Å². The van der Waals surface area contributed by atoms with Crippen molar-refractivity contribution in [1.29, 1.82) is 0 Å². The quantitative estimate of drug-likeness (QED) is 0.684. The lowest BCUT2D eigenvalue weighted by Crippen LogP contribution is -2.26. The predicted octanol–water partition coefficient (Wildman–Crippen LogP) is 1.23. The Labute approximate surface area is 93.0 Å². The second-order valence-electron chi connectivity index (χ2n) is 2.99. The van der Waals surface area contributed by atoms with Crippen molar-refractivity contribution in [1.82, 2.24) is 4.90 Å². The van der Waals surface area contributed by atoms with Gasteiger partial charge in [-0.05, 0) is 11.5 Å². The Kier molecular flexibility index (Phi) is 4.31. The number of rotatable bonds is 4. The van der Waals surface area contributed by atoms with Crippen molar-refractivity contribution < 1.29 is 9.59 Å². The van der Waals surface area contributed by atoms with Gasteiger partial charge in [-0.25, -0.2) is 0 Å². The molecule has 0 radical (unpaired) electrons. The van der Waals surface area contributed by atoms with Crippen molar-refractivity contribution in [3.63, 3.8) is 0 Å². The van der Waals surface area contributed by atoms with E-state index in [0.29, 0.717) is 0 Å². The summed E-state index contributed by atoms with van der Waals surface area (Å²) >= 11 is 3.14. The van der Waals surface area contributed by atoms with Crippen LogP contribution in [0.1, 0.15) is 13.8 Å². The molecule has 0 bridgehead atoms. The molecule has 0 spiro atoms. The number of carbonyl (C=O) groups is 2. The molecule has 1 fully saturated rings. The van der Waals surface area contributed by atoms with Crippen LogP contribution in [0.4, 0.5) is 0 Å². The number of imide groups is 1. The minimum Gasteiger partial charge on any atom is -0.284 e. The monoisotopic (exact) mass is 233 g/mol. The summed E-state index contributed by atoms with van der Waals surface area (Å²) in [5.74, 6) is 1.68. The largest absolute Gasteiger partial charge is 0.284 e. The van der Waals surface area contributed by atoms with Crippen molar-refractivity contribution in [3.05, 3.63) is 0 Å². The lowest BCUT2D eigenvalue weighted by Gasteiger charge is -2.11. The fourth-order valence-electron chi connectivity index (χ4n) is 1.43. The van der Waals surface area contributed by atoms with E-state index in [-0.39, 0.29) is 22.3 Å². The third kappa shape index (κ3) is 2.08. The Hall–Kier alpha value is -0.160. The zero-order valence-electron chi connectivity index (χ0n) is 8.65. The average molecular weight is 233 g/mol. The van der Waals surface area contributed by atoms with Crippen molar-refractivity contribution in [3.8, 4) is 0 Å². The molecule has 2 unspecified atom stereocenters. The van der Waals surface area contributed by atoms with Gasteiger partial charge in [0.2, 0.25) is 11.8 Å². The Morgan fingerprint density at radius 2 is 1.43 bits per heavy atom. The van der Waals surface area contributed by atoms with E-state index >= 15 is 0 Å². The Balaban J connectivity index is 2.78. The zero-order valence-corrected chi connectivity index (χ0v) is 10.3. The van der Waals surface area contributed by atoms with E-state index in [1.807, 2.05) is 13.8 Å². The number of amides is 2. The fourth-order valence-corrected chi connectivity index (χ4v) is 3.80. The van der Waals surface area contributed by atoms with E-state index in [4.69, 9.17) is 0 Å². The lowest BCUT2D eigenvalue weighted by atomic mass is 10.3. The Morgan fingerprint density at radius 3 is 1.71 bits per heavy atom. The molecule has 0 aromatic heterocycles. The summed E-state index contributed by atoms with van der Waals surface area (Å²) in [5.41, 5.74) is 0. The molecule has 3 nitrogen and oxygen atoms in total. The maximum atomic E-state index is 11.7. The molecule has 0 N–H and O–H groups in total. The van der Waals surface area contributed by atoms with Gasteiger partial charge in [0.25, 0.3) is 0 Å². The second-order valence-corrected chi connectivity index (χ2v) is 5.82. The van der Waals surface area contributed by atoms with Gasteiger partial charge in [0.1, 0.15) is 10.5 Å². The highest BCUT2D eigenvalue weighted by Crippen LogP contribution is 2.32. The van der Waals surface area contributed by atoms with Crippen LogP contribution >= 0.6 is 23.5 Å². The molecular weight excluding hydrogens is 218 g/mol. The molecule has 2 amide bonds. The van der Waals surface area contributed by atoms with Crippen LogP contribution in [0, 0.1) is 0 Å². The first-order valence-electron chi connectivity index (χ1n) is 4.68. The predicted molar refractivity (Wildman–Crippen MR) is 61.6 cm³/mol. The molecule has 0 saturated carbocycles. The van der Waals surface area contributed by atoms with Crippen LogP contribution in [0.5, 0.6) is 0 Å². The summed E-state index contributed by atoms with van der Waals surface area (Å²) in [6.07, 6.45) is 0. The highest BCUT2D eigenvalue weighted by molar-refractivity contribution is 8.04. The minimum absolute atomic E-state index is 0.0344. The molecule has 0 aromatic rings. The molecule has 1 aliphatic heterocycles. The van der Waals surface area contributed by atoms with Crippen LogP contribution in [0.3, 0.4) is 0 Å². The number of hydrogen-bond donors (Lipinski definition) is 0. The van der Waals surface area contributed by atoms with E-state index in [2.05, 4.69) is 0 Å². The van der Waals surface area contributed by atoms with Gasteiger partial charge >= 0.3 is 0 Å². The van der Waals surface area contributed by atoms with Gasteiger partial charge in [-0.1, -0.05) is 13.8 Å². The summed E-state index contributed by atoms with van der Waals surface area (Å²) in [6.45, 7) is 4.02.